The van der Waals surface area contributed by atoms with Crippen molar-refractivity contribution < 1.29 is 9.18 Å². The standard InChI is InChI=1S/C14H10Cl2FNO/c15-10-3-6-12(13(16)7-10)14(19)18-8-9-1-4-11(17)5-2-9/h1-7H,8H2,(H,18,19). The first-order valence-corrected chi connectivity index (χ1v) is 6.29. The molecule has 1 N–H and O–H groups in total. The second-order valence-corrected chi connectivity index (χ2v) is 4.78. The highest BCUT2D eigenvalue weighted by molar-refractivity contribution is 6.36. The van der Waals surface area contributed by atoms with Crippen molar-refractivity contribution in [3.63, 3.8) is 0 Å². The van der Waals surface area contributed by atoms with E-state index in [4.69, 9.17) is 23.2 Å². The fourth-order valence-electron chi connectivity index (χ4n) is 1.55. The number of carbonyl (C=O) groups excluding carboxylic acids is 1. The molecule has 0 unspecified atom stereocenters. The number of hydrogen-bond acceptors (Lipinski definition) is 1. The summed E-state index contributed by atoms with van der Waals surface area (Å²) >= 11 is 11.7. The number of halogens is 3. The van der Waals surface area contributed by atoms with Crippen LogP contribution in [0.4, 0.5) is 4.39 Å². The largest absolute Gasteiger partial charge is 0.348 e. The van der Waals surface area contributed by atoms with Gasteiger partial charge in [0.2, 0.25) is 0 Å². The van der Waals surface area contributed by atoms with E-state index in [9.17, 15) is 9.18 Å². The molecule has 0 aliphatic heterocycles. The zero-order chi connectivity index (χ0) is 13.8. The second kappa shape index (κ2) is 6.04. The minimum Gasteiger partial charge on any atom is -0.348 e. The van der Waals surface area contributed by atoms with E-state index in [1.54, 1.807) is 24.3 Å². The summed E-state index contributed by atoms with van der Waals surface area (Å²) in [7, 11) is 0. The first kappa shape index (κ1) is 13.8. The molecule has 19 heavy (non-hydrogen) atoms. The summed E-state index contributed by atoms with van der Waals surface area (Å²) in [5.41, 5.74) is 1.16. The summed E-state index contributed by atoms with van der Waals surface area (Å²) in [4.78, 5) is 11.9. The lowest BCUT2D eigenvalue weighted by Crippen LogP contribution is -2.23. The molecule has 1 amide bonds. The normalized spacial score (nSPS) is 10.3. The molecule has 0 aliphatic rings. The van der Waals surface area contributed by atoms with Crippen LogP contribution in [0.15, 0.2) is 42.5 Å². The molecule has 0 aromatic heterocycles. The van der Waals surface area contributed by atoms with Gasteiger partial charge in [0.1, 0.15) is 5.82 Å². The number of nitrogens with one attached hydrogen (secondary N) is 1. The van der Waals surface area contributed by atoms with E-state index in [0.29, 0.717) is 22.2 Å². The van der Waals surface area contributed by atoms with Crippen molar-refractivity contribution in [3.05, 3.63) is 69.5 Å². The van der Waals surface area contributed by atoms with Gasteiger partial charge in [-0.2, -0.15) is 0 Å². The van der Waals surface area contributed by atoms with Gasteiger partial charge in [0.25, 0.3) is 5.91 Å². The van der Waals surface area contributed by atoms with Crippen LogP contribution in [-0.4, -0.2) is 5.91 Å². The van der Waals surface area contributed by atoms with Gasteiger partial charge in [-0.05, 0) is 35.9 Å². The number of hydrogen-bond donors (Lipinski definition) is 1. The van der Waals surface area contributed by atoms with E-state index < -0.39 is 0 Å². The van der Waals surface area contributed by atoms with Gasteiger partial charge >= 0.3 is 0 Å². The van der Waals surface area contributed by atoms with Crippen LogP contribution in [0.1, 0.15) is 15.9 Å². The third-order valence-electron chi connectivity index (χ3n) is 2.54. The predicted octanol–water partition coefficient (Wildman–Crippen LogP) is 4.06. The Morgan fingerprint density at radius 3 is 2.42 bits per heavy atom. The van der Waals surface area contributed by atoms with Crippen LogP contribution in [-0.2, 0) is 6.54 Å². The van der Waals surface area contributed by atoms with Crippen LogP contribution in [0.5, 0.6) is 0 Å². The lowest BCUT2D eigenvalue weighted by molar-refractivity contribution is 0.0951. The van der Waals surface area contributed by atoms with Crippen molar-refractivity contribution >= 4 is 29.1 Å². The third kappa shape index (κ3) is 3.69. The van der Waals surface area contributed by atoms with Crippen molar-refractivity contribution in [2.45, 2.75) is 6.54 Å². The van der Waals surface area contributed by atoms with Crippen LogP contribution in [0, 0.1) is 5.82 Å². The van der Waals surface area contributed by atoms with Crippen molar-refractivity contribution in [1.29, 1.82) is 0 Å². The highest BCUT2D eigenvalue weighted by atomic mass is 35.5. The molecule has 0 spiro atoms. The molecule has 0 heterocycles. The van der Waals surface area contributed by atoms with E-state index in [0.717, 1.165) is 5.56 Å². The number of carbonyl (C=O) groups is 1. The average molecular weight is 298 g/mol. The Morgan fingerprint density at radius 2 is 1.79 bits per heavy atom. The van der Waals surface area contributed by atoms with Gasteiger partial charge in [0.15, 0.2) is 0 Å². The topological polar surface area (TPSA) is 29.1 Å². The highest BCUT2D eigenvalue weighted by Crippen LogP contribution is 2.20. The van der Waals surface area contributed by atoms with Gasteiger partial charge in [-0.15, -0.1) is 0 Å². The average Bonchev–Trinajstić information content (AvgIpc) is 2.37. The van der Waals surface area contributed by atoms with Gasteiger partial charge in [-0.3, -0.25) is 4.79 Å². The minimum atomic E-state index is -0.309. The lowest BCUT2D eigenvalue weighted by atomic mass is 10.2. The molecule has 2 aromatic carbocycles. The first-order valence-electron chi connectivity index (χ1n) is 5.54. The maximum absolute atomic E-state index is 12.7. The molecule has 2 aromatic rings. The maximum atomic E-state index is 12.7. The Hall–Kier alpha value is -1.58. The lowest BCUT2D eigenvalue weighted by Gasteiger charge is -2.07. The monoisotopic (exact) mass is 297 g/mol. The molecule has 0 saturated heterocycles. The van der Waals surface area contributed by atoms with Crippen molar-refractivity contribution in [3.8, 4) is 0 Å². The van der Waals surface area contributed by atoms with Crippen molar-refractivity contribution in [2.75, 3.05) is 0 Å². The summed E-state index contributed by atoms with van der Waals surface area (Å²) in [6.07, 6.45) is 0. The Morgan fingerprint density at radius 1 is 1.11 bits per heavy atom. The van der Waals surface area contributed by atoms with E-state index >= 15 is 0 Å². The predicted molar refractivity (Wildman–Crippen MR) is 74.0 cm³/mol. The van der Waals surface area contributed by atoms with Gasteiger partial charge in [0, 0.05) is 11.6 Å². The summed E-state index contributed by atoms with van der Waals surface area (Å²) in [5, 5.41) is 3.47. The van der Waals surface area contributed by atoms with E-state index in [1.807, 2.05) is 0 Å². The quantitative estimate of drug-likeness (QED) is 0.909. The summed E-state index contributed by atoms with van der Waals surface area (Å²) in [6, 6.07) is 10.6. The van der Waals surface area contributed by atoms with Gasteiger partial charge < -0.3 is 5.32 Å². The molecule has 0 fully saturated rings. The number of rotatable bonds is 3. The van der Waals surface area contributed by atoms with Gasteiger partial charge in [0.05, 0.1) is 10.6 Å². The Balaban J connectivity index is 2.03. The molecule has 2 nitrogen and oxygen atoms in total. The number of benzene rings is 2. The first-order chi connectivity index (χ1) is 9.06. The Labute approximate surface area is 120 Å². The molecular formula is C14H10Cl2FNO. The fraction of sp³-hybridized carbons (Fsp3) is 0.0714. The fourth-order valence-corrected chi connectivity index (χ4v) is 2.05. The molecular weight excluding hydrogens is 288 g/mol. The molecule has 0 bridgehead atoms. The van der Waals surface area contributed by atoms with Crippen LogP contribution in [0.2, 0.25) is 10.0 Å². The van der Waals surface area contributed by atoms with Crippen LogP contribution in [0.3, 0.4) is 0 Å². The molecule has 5 heteroatoms. The SMILES string of the molecule is O=C(NCc1ccc(F)cc1)c1ccc(Cl)cc1Cl. The Kier molecular flexibility index (Phi) is 4.40. The van der Waals surface area contributed by atoms with E-state index in [-0.39, 0.29) is 11.7 Å². The minimum absolute atomic E-state index is 0.295. The Bertz CT molecular complexity index is 599. The third-order valence-corrected chi connectivity index (χ3v) is 3.09. The van der Waals surface area contributed by atoms with Gasteiger partial charge in [-0.25, -0.2) is 4.39 Å². The molecule has 0 saturated carbocycles. The van der Waals surface area contributed by atoms with Crippen molar-refractivity contribution in [2.24, 2.45) is 0 Å². The van der Waals surface area contributed by atoms with Crippen LogP contribution in [0.25, 0.3) is 0 Å². The summed E-state index contributed by atoms with van der Waals surface area (Å²) in [5.74, 6) is -0.609. The van der Waals surface area contributed by atoms with Crippen molar-refractivity contribution in [1.82, 2.24) is 5.32 Å². The zero-order valence-electron chi connectivity index (χ0n) is 9.79. The number of amides is 1. The van der Waals surface area contributed by atoms with E-state index in [1.165, 1.54) is 18.2 Å². The van der Waals surface area contributed by atoms with Crippen LogP contribution >= 0.6 is 23.2 Å². The summed E-state index contributed by atoms with van der Waals surface area (Å²) < 4.78 is 12.7. The van der Waals surface area contributed by atoms with E-state index in [2.05, 4.69) is 5.32 Å². The second-order valence-electron chi connectivity index (χ2n) is 3.93. The molecule has 0 atom stereocenters. The van der Waals surface area contributed by atoms with Gasteiger partial charge in [-0.1, -0.05) is 35.3 Å². The molecule has 0 aliphatic carbocycles. The molecule has 2 rings (SSSR count). The molecule has 98 valence electrons. The van der Waals surface area contributed by atoms with Crippen LogP contribution < -0.4 is 5.32 Å². The summed E-state index contributed by atoms with van der Waals surface area (Å²) in [6.45, 7) is 0.304. The molecule has 0 radical (unpaired) electrons. The smallest absolute Gasteiger partial charge is 0.253 e. The highest BCUT2D eigenvalue weighted by Gasteiger charge is 2.10. The maximum Gasteiger partial charge on any atom is 0.253 e. The zero-order valence-corrected chi connectivity index (χ0v) is 11.3.